The lowest BCUT2D eigenvalue weighted by atomic mass is 10.1. The van der Waals surface area contributed by atoms with E-state index in [1.165, 1.54) is 5.39 Å². The third kappa shape index (κ3) is 1.61. The van der Waals surface area contributed by atoms with E-state index in [4.69, 9.17) is 5.41 Å². The van der Waals surface area contributed by atoms with E-state index in [0.717, 1.165) is 27.5 Å². The average molecular weight is 375 g/mol. The summed E-state index contributed by atoms with van der Waals surface area (Å²) in [5.74, 6) is 0. The maximum absolute atomic E-state index is 8.42. The molecule has 0 spiro atoms. The van der Waals surface area contributed by atoms with Crippen molar-refractivity contribution < 1.29 is 0 Å². The molecule has 0 aliphatic heterocycles. The van der Waals surface area contributed by atoms with Crippen LogP contribution in [0.2, 0.25) is 0 Å². The number of aromatic amines is 1. The molecule has 4 rings (SSSR count). The molecule has 0 fully saturated rings. The summed E-state index contributed by atoms with van der Waals surface area (Å²) in [5.41, 5.74) is 4.17. The van der Waals surface area contributed by atoms with Crippen LogP contribution in [-0.4, -0.2) is 9.55 Å². The van der Waals surface area contributed by atoms with Crippen LogP contribution in [0, 0.1) is 5.41 Å². The summed E-state index contributed by atoms with van der Waals surface area (Å²) < 4.78 is 2.17. The Hall–Kier alpha value is -1.82. The predicted octanol–water partition coefficient (Wildman–Crippen LogP) is 3.91. The fourth-order valence-electron chi connectivity index (χ4n) is 2.89. The zero-order chi connectivity index (χ0) is 13.0. The Labute approximate surface area is 132 Å². The molecule has 3 nitrogen and oxygen atoms in total. The van der Waals surface area contributed by atoms with Crippen molar-refractivity contribution >= 4 is 56.8 Å². The maximum atomic E-state index is 8.42. The fourth-order valence-corrected chi connectivity index (χ4v) is 2.89. The Bertz CT molecular complexity index is 995. The highest BCUT2D eigenvalue weighted by Gasteiger charge is 2.11. The molecule has 0 bridgehead atoms. The SMILES string of the molecule is Cn1c2ccccc2c(=N)c2[nH]c3ccccc3c21.I. The third-order valence-corrected chi connectivity index (χ3v) is 3.80. The molecule has 0 aliphatic rings. The van der Waals surface area contributed by atoms with Gasteiger partial charge in [-0.2, -0.15) is 0 Å². The predicted molar refractivity (Wildman–Crippen MR) is 93.6 cm³/mol. The first-order valence-corrected chi connectivity index (χ1v) is 6.30. The number of hydrogen-bond acceptors (Lipinski definition) is 1. The molecule has 100 valence electrons. The zero-order valence-electron chi connectivity index (χ0n) is 11.0. The highest BCUT2D eigenvalue weighted by Crippen LogP contribution is 2.25. The Morgan fingerprint density at radius 2 is 1.60 bits per heavy atom. The molecule has 0 aliphatic carbocycles. The van der Waals surface area contributed by atoms with E-state index in [1.807, 2.05) is 30.3 Å². The molecule has 4 aromatic rings. The minimum atomic E-state index is 0. The lowest BCUT2D eigenvalue weighted by Crippen LogP contribution is -2.08. The van der Waals surface area contributed by atoms with Crippen LogP contribution in [-0.2, 0) is 7.05 Å². The minimum Gasteiger partial charge on any atom is -0.351 e. The Balaban J connectivity index is 0.00000121. The number of H-pyrrole nitrogens is 1. The van der Waals surface area contributed by atoms with Gasteiger partial charge >= 0.3 is 0 Å². The first-order valence-electron chi connectivity index (χ1n) is 6.30. The molecule has 20 heavy (non-hydrogen) atoms. The molecule has 0 atom stereocenters. The van der Waals surface area contributed by atoms with Crippen molar-refractivity contribution in [3.05, 3.63) is 53.9 Å². The van der Waals surface area contributed by atoms with Gasteiger partial charge in [-0.15, -0.1) is 24.0 Å². The lowest BCUT2D eigenvalue weighted by Gasteiger charge is -2.08. The molecular formula is C16H14IN3. The molecule has 2 heterocycles. The van der Waals surface area contributed by atoms with Crippen LogP contribution >= 0.6 is 24.0 Å². The van der Waals surface area contributed by atoms with Crippen LogP contribution in [0.5, 0.6) is 0 Å². The van der Waals surface area contributed by atoms with Gasteiger partial charge in [0.2, 0.25) is 0 Å². The molecule has 2 N–H and O–H groups in total. The number of halogens is 1. The number of pyridine rings is 1. The van der Waals surface area contributed by atoms with Crippen LogP contribution in [0.1, 0.15) is 0 Å². The molecule has 2 aromatic heterocycles. The van der Waals surface area contributed by atoms with Gasteiger partial charge in [0, 0.05) is 23.3 Å². The molecule has 0 unspecified atom stereocenters. The highest BCUT2D eigenvalue weighted by molar-refractivity contribution is 14.0. The van der Waals surface area contributed by atoms with Gasteiger partial charge in [-0.3, -0.25) is 5.41 Å². The number of fused-ring (bicyclic) bond motifs is 4. The summed E-state index contributed by atoms with van der Waals surface area (Å²) in [7, 11) is 2.06. The van der Waals surface area contributed by atoms with Crippen molar-refractivity contribution in [1.29, 1.82) is 5.41 Å². The summed E-state index contributed by atoms with van der Waals surface area (Å²) in [6.07, 6.45) is 0. The monoisotopic (exact) mass is 375 g/mol. The van der Waals surface area contributed by atoms with E-state index in [1.54, 1.807) is 0 Å². The summed E-state index contributed by atoms with van der Waals surface area (Å²) >= 11 is 0. The van der Waals surface area contributed by atoms with Crippen LogP contribution < -0.4 is 5.36 Å². The smallest absolute Gasteiger partial charge is 0.0893 e. The molecule has 4 heteroatoms. The van der Waals surface area contributed by atoms with Crippen molar-refractivity contribution in [3.8, 4) is 0 Å². The van der Waals surface area contributed by atoms with Gasteiger partial charge in [0.05, 0.1) is 21.9 Å². The number of nitrogens with zero attached hydrogens (tertiary/aromatic N) is 1. The van der Waals surface area contributed by atoms with E-state index in [-0.39, 0.29) is 24.0 Å². The van der Waals surface area contributed by atoms with Crippen LogP contribution in [0.15, 0.2) is 48.5 Å². The van der Waals surface area contributed by atoms with Crippen molar-refractivity contribution in [1.82, 2.24) is 9.55 Å². The van der Waals surface area contributed by atoms with Crippen LogP contribution in [0.25, 0.3) is 32.8 Å². The number of para-hydroxylation sites is 2. The van der Waals surface area contributed by atoms with Crippen molar-refractivity contribution in [2.24, 2.45) is 7.05 Å². The highest BCUT2D eigenvalue weighted by atomic mass is 127. The fraction of sp³-hybridized carbons (Fsp3) is 0.0625. The maximum Gasteiger partial charge on any atom is 0.0893 e. The molecular weight excluding hydrogens is 361 g/mol. The molecule has 2 aromatic carbocycles. The largest absolute Gasteiger partial charge is 0.351 e. The first-order chi connectivity index (χ1) is 9.27. The Kier molecular flexibility index (Phi) is 3.05. The van der Waals surface area contributed by atoms with Gasteiger partial charge in [0.15, 0.2) is 0 Å². The zero-order valence-corrected chi connectivity index (χ0v) is 13.3. The van der Waals surface area contributed by atoms with Gasteiger partial charge in [-0.1, -0.05) is 36.4 Å². The Morgan fingerprint density at radius 1 is 0.950 bits per heavy atom. The average Bonchev–Trinajstić information content (AvgIpc) is 2.84. The number of nitrogens with one attached hydrogen (secondary N) is 2. The summed E-state index contributed by atoms with van der Waals surface area (Å²) in [5, 5.41) is 11.1. The van der Waals surface area contributed by atoms with Gasteiger partial charge in [-0.25, -0.2) is 0 Å². The minimum absolute atomic E-state index is 0. The number of aromatic nitrogens is 2. The number of hydrogen-bond donors (Lipinski definition) is 2. The topological polar surface area (TPSA) is 44.6 Å². The van der Waals surface area contributed by atoms with Gasteiger partial charge < -0.3 is 9.55 Å². The summed E-state index contributed by atoms with van der Waals surface area (Å²) in [6.45, 7) is 0. The normalized spacial score (nSPS) is 11.1. The molecule has 0 saturated heterocycles. The number of rotatable bonds is 0. The second kappa shape index (κ2) is 4.63. The van der Waals surface area contributed by atoms with Crippen molar-refractivity contribution in [2.75, 3.05) is 0 Å². The van der Waals surface area contributed by atoms with E-state index in [9.17, 15) is 0 Å². The second-order valence-corrected chi connectivity index (χ2v) is 4.85. The molecule has 0 amide bonds. The van der Waals surface area contributed by atoms with E-state index in [0.29, 0.717) is 5.36 Å². The van der Waals surface area contributed by atoms with Gasteiger partial charge in [0.25, 0.3) is 0 Å². The van der Waals surface area contributed by atoms with E-state index in [2.05, 4.69) is 34.8 Å². The first kappa shape index (κ1) is 13.2. The molecule has 0 radical (unpaired) electrons. The molecule has 0 saturated carbocycles. The summed E-state index contributed by atoms with van der Waals surface area (Å²) in [6, 6.07) is 16.3. The number of aryl methyl sites for hydroxylation is 1. The van der Waals surface area contributed by atoms with Gasteiger partial charge in [0.1, 0.15) is 0 Å². The summed E-state index contributed by atoms with van der Waals surface area (Å²) in [4.78, 5) is 3.37. The van der Waals surface area contributed by atoms with Crippen LogP contribution in [0.3, 0.4) is 0 Å². The Morgan fingerprint density at radius 3 is 2.40 bits per heavy atom. The van der Waals surface area contributed by atoms with Crippen molar-refractivity contribution in [3.63, 3.8) is 0 Å². The van der Waals surface area contributed by atoms with Gasteiger partial charge in [-0.05, 0) is 12.1 Å². The van der Waals surface area contributed by atoms with Crippen molar-refractivity contribution in [2.45, 2.75) is 0 Å². The van der Waals surface area contributed by atoms with E-state index < -0.39 is 0 Å². The van der Waals surface area contributed by atoms with Crippen LogP contribution in [0.4, 0.5) is 0 Å². The number of benzene rings is 2. The van der Waals surface area contributed by atoms with E-state index >= 15 is 0 Å². The quantitative estimate of drug-likeness (QED) is 0.438. The lowest BCUT2D eigenvalue weighted by molar-refractivity contribution is 1.00. The third-order valence-electron chi connectivity index (χ3n) is 3.80. The second-order valence-electron chi connectivity index (χ2n) is 4.85. The standard InChI is InChI=1S/C16H13N3.HI/c1-19-13-9-5-3-7-11(13)14(17)15-16(19)10-6-2-4-8-12(10)18-15;/h2-9,17-18H,1H3;1H.